The second kappa shape index (κ2) is 8.39. The average molecular weight is 491 g/mol. The van der Waals surface area contributed by atoms with Crippen molar-refractivity contribution >= 4 is 44.1 Å². The number of nitrogens with zero attached hydrogens (tertiary/aromatic N) is 2. The number of anilines is 1. The lowest BCUT2D eigenvalue weighted by Gasteiger charge is -2.23. The van der Waals surface area contributed by atoms with Crippen molar-refractivity contribution in [2.24, 2.45) is 0 Å². The van der Waals surface area contributed by atoms with Crippen molar-refractivity contribution < 1.29 is 23.5 Å². The molecule has 4 aromatic rings. The van der Waals surface area contributed by atoms with Crippen LogP contribution < -0.4 is 4.90 Å². The number of amides is 1. The molecule has 8 heteroatoms. The molecule has 35 heavy (non-hydrogen) atoms. The summed E-state index contributed by atoms with van der Waals surface area (Å²) >= 11 is 0.971. The number of aliphatic hydroxyl groups is 1. The van der Waals surface area contributed by atoms with Crippen LogP contribution in [-0.2, 0) is 9.59 Å². The molecule has 0 spiro atoms. The summed E-state index contributed by atoms with van der Waals surface area (Å²) < 4.78 is 27.9. The third-order valence-corrected chi connectivity index (χ3v) is 7.23. The first-order valence-electron chi connectivity index (χ1n) is 10.9. The highest BCUT2D eigenvalue weighted by atomic mass is 32.1. The molecule has 176 valence electrons. The van der Waals surface area contributed by atoms with Gasteiger partial charge in [0.25, 0.3) is 5.78 Å². The van der Waals surface area contributed by atoms with Gasteiger partial charge in [0, 0.05) is 11.6 Å². The maximum absolute atomic E-state index is 13.8. The van der Waals surface area contributed by atoms with Crippen LogP contribution in [0.25, 0.3) is 16.0 Å². The molecule has 1 fully saturated rings. The molecular weight excluding hydrogens is 470 g/mol. The summed E-state index contributed by atoms with van der Waals surface area (Å²) in [7, 11) is 0. The summed E-state index contributed by atoms with van der Waals surface area (Å²) in [5, 5.41) is 11.4. The molecule has 1 N–H and O–H groups in total. The molecule has 1 saturated heterocycles. The highest BCUT2D eigenvalue weighted by Gasteiger charge is 2.48. The molecule has 1 aromatic heterocycles. The van der Waals surface area contributed by atoms with Crippen molar-refractivity contribution in [3.8, 4) is 0 Å². The van der Waals surface area contributed by atoms with E-state index < -0.39 is 29.4 Å². The summed E-state index contributed by atoms with van der Waals surface area (Å²) in [4.78, 5) is 32.1. The maximum atomic E-state index is 13.8. The molecule has 3 aromatic carbocycles. The quantitative estimate of drug-likeness (QED) is 0.213. The minimum atomic E-state index is -1.05. The van der Waals surface area contributed by atoms with E-state index in [-0.39, 0.29) is 22.0 Å². The first-order valence-corrected chi connectivity index (χ1v) is 11.7. The van der Waals surface area contributed by atoms with Gasteiger partial charge in [-0.3, -0.25) is 14.5 Å². The van der Waals surface area contributed by atoms with Crippen LogP contribution in [0.3, 0.4) is 0 Å². The Morgan fingerprint density at radius 1 is 0.971 bits per heavy atom. The van der Waals surface area contributed by atoms with E-state index >= 15 is 0 Å². The van der Waals surface area contributed by atoms with Gasteiger partial charge in [0.2, 0.25) is 0 Å². The number of fused-ring (bicyclic) bond motifs is 1. The fourth-order valence-corrected chi connectivity index (χ4v) is 5.24. The zero-order valence-electron chi connectivity index (χ0n) is 19.1. The van der Waals surface area contributed by atoms with E-state index in [0.29, 0.717) is 15.8 Å². The lowest BCUT2D eigenvalue weighted by Crippen LogP contribution is -2.29. The number of Topliss-reactive ketones (excluding diaryl/α,β-unsaturated/α-hetero) is 1. The van der Waals surface area contributed by atoms with Crippen molar-refractivity contribution in [2.75, 3.05) is 4.90 Å². The van der Waals surface area contributed by atoms with Gasteiger partial charge in [-0.15, -0.1) is 0 Å². The molecule has 1 amide bonds. The number of aliphatic hydroxyl groups excluding tert-OH is 1. The number of aryl methyl sites for hydroxylation is 3. The number of benzene rings is 3. The van der Waals surface area contributed by atoms with Gasteiger partial charge in [-0.05, 0) is 49.6 Å². The Bertz CT molecular complexity index is 1540. The van der Waals surface area contributed by atoms with Gasteiger partial charge in [0.15, 0.2) is 16.8 Å². The summed E-state index contributed by atoms with van der Waals surface area (Å²) in [5.41, 5.74) is 3.95. The fraction of sp³-hybridized carbons (Fsp3) is 0.148. The topological polar surface area (TPSA) is 70.5 Å². The monoisotopic (exact) mass is 490 g/mol. The van der Waals surface area contributed by atoms with E-state index in [4.69, 9.17) is 0 Å². The number of ketones is 1. The van der Waals surface area contributed by atoms with Gasteiger partial charge in [0.1, 0.15) is 5.76 Å². The van der Waals surface area contributed by atoms with E-state index in [1.807, 2.05) is 39.0 Å². The predicted molar refractivity (Wildman–Crippen MR) is 131 cm³/mol. The molecule has 5 rings (SSSR count). The first kappa shape index (κ1) is 22.9. The lowest BCUT2D eigenvalue weighted by molar-refractivity contribution is -0.132. The van der Waals surface area contributed by atoms with Crippen molar-refractivity contribution in [3.63, 3.8) is 0 Å². The molecule has 0 aliphatic carbocycles. The van der Waals surface area contributed by atoms with Crippen LogP contribution in [0.4, 0.5) is 13.9 Å². The molecule has 5 nitrogen and oxygen atoms in total. The van der Waals surface area contributed by atoms with Crippen molar-refractivity contribution in [3.05, 3.63) is 99.6 Å². The molecule has 0 bridgehead atoms. The normalized spacial score (nSPS) is 17.5. The van der Waals surface area contributed by atoms with Gasteiger partial charge >= 0.3 is 5.91 Å². The van der Waals surface area contributed by atoms with Crippen LogP contribution in [0, 0.1) is 32.4 Å². The first-order chi connectivity index (χ1) is 16.7. The highest BCUT2D eigenvalue weighted by Crippen LogP contribution is 2.44. The summed E-state index contributed by atoms with van der Waals surface area (Å²) in [6.07, 6.45) is 0. The van der Waals surface area contributed by atoms with E-state index in [0.717, 1.165) is 40.2 Å². The van der Waals surface area contributed by atoms with Crippen LogP contribution in [-0.4, -0.2) is 21.8 Å². The van der Waals surface area contributed by atoms with E-state index in [2.05, 4.69) is 4.98 Å². The Labute approximate surface area is 204 Å². The van der Waals surface area contributed by atoms with Crippen LogP contribution >= 0.6 is 11.3 Å². The van der Waals surface area contributed by atoms with Crippen LogP contribution in [0.2, 0.25) is 0 Å². The predicted octanol–water partition coefficient (Wildman–Crippen LogP) is 6.13. The molecule has 1 aliphatic rings. The Kier molecular flexibility index (Phi) is 5.48. The second-order valence-electron chi connectivity index (χ2n) is 8.61. The smallest absolute Gasteiger partial charge is 0.301 e. The second-order valence-corrected chi connectivity index (χ2v) is 9.62. The Balaban J connectivity index is 1.75. The zero-order valence-corrected chi connectivity index (χ0v) is 19.9. The third kappa shape index (κ3) is 3.80. The van der Waals surface area contributed by atoms with Gasteiger partial charge in [-0.1, -0.05) is 53.3 Å². The molecule has 1 aliphatic heterocycles. The van der Waals surface area contributed by atoms with E-state index in [1.165, 1.54) is 4.90 Å². The zero-order chi connectivity index (χ0) is 25.0. The van der Waals surface area contributed by atoms with Gasteiger partial charge in [-0.2, -0.15) is 0 Å². The molecule has 0 saturated carbocycles. The van der Waals surface area contributed by atoms with E-state index in [1.54, 1.807) is 24.3 Å². The third-order valence-electron chi connectivity index (χ3n) is 6.21. The van der Waals surface area contributed by atoms with Crippen molar-refractivity contribution in [2.45, 2.75) is 26.8 Å². The number of thiazole rings is 1. The number of carbonyl (C=O) groups excluding carboxylic acids is 2. The Hall–Kier alpha value is -3.91. The Morgan fingerprint density at radius 2 is 1.71 bits per heavy atom. The van der Waals surface area contributed by atoms with E-state index in [9.17, 15) is 23.5 Å². The van der Waals surface area contributed by atoms with Crippen LogP contribution in [0.15, 0.2) is 60.2 Å². The van der Waals surface area contributed by atoms with Gasteiger partial charge < -0.3 is 5.11 Å². The minimum absolute atomic E-state index is 0.0690. The van der Waals surface area contributed by atoms with Crippen LogP contribution in [0.1, 0.15) is 33.9 Å². The fourth-order valence-electron chi connectivity index (χ4n) is 4.24. The molecule has 1 atom stereocenters. The van der Waals surface area contributed by atoms with Crippen LogP contribution in [0.5, 0.6) is 0 Å². The summed E-state index contributed by atoms with van der Waals surface area (Å²) in [6, 6.07) is 13.5. The lowest BCUT2D eigenvalue weighted by atomic mass is 9.93. The minimum Gasteiger partial charge on any atom is -0.507 e. The maximum Gasteiger partial charge on any atom is 0.301 e. The van der Waals surface area contributed by atoms with Gasteiger partial charge in [0.05, 0.1) is 21.8 Å². The number of halogens is 2. The standard InChI is InChI=1S/C27H20F2N2O3S/c1-13-5-4-6-16(9-13)23-22(24(32)17-8-7-14(2)15(3)10-17)25(33)26(34)31(23)27-30-20-11-18(28)19(29)12-21(20)35-27/h4-12,23,32H,1-3H3/b24-22+. The van der Waals surface area contributed by atoms with Gasteiger partial charge in [-0.25, -0.2) is 13.8 Å². The molecular formula is C27H20F2N2O3S. The summed E-state index contributed by atoms with van der Waals surface area (Å²) in [6.45, 7) is 5.70. The van der Waals surface area contributed by atoms with Crippen molar-refractivity contribution in [1.29, 1.82) is 0 Å². The summed E-state index contributed by atoms with van der Waals surface area (Å²) in [5.74, 6) is -4.11. The number of carbonyl (C=O) groups is 2. The number of hydrogen-bond acceptors (Lipinski definition) is 5. The largest absolute Gasteiger partial charge is 0.507 e. The molecule has 2 heterocycles. The average Bonchev–Trinajstić information content (AvgIpc) is 3.33. The number of rotatable bonds is 3. The molecule has 1 unspecified atom stereocenters. The molecule has 0 radical (unpaired) electrons. The highest BCUT2D eigenvalue weighted by molar-refractivity contribution is 7.22. The Morgan fingerprint density at radius 3 is 2.43 bits per heavy atom. The number of hydrogen-bond donors (Lipinski definition) is 1. The van der Waals surface area contributed by atoms with Crippen molar-refractivity contribution in [1.82, 2.24) is 4.98 Å². The number of aromatic nitrogens is 1. The SMILES string of the molecule is Cc1cccc(C2/C(=C(\O)c3ccc(C)c(C)c3)C(=O)C(=O)N2c2nc3cc(F)c(F)cc3s2)c1.